The predicted octanol–water partition coefficient (Wildman–Crippen LogP) is 2.73. The van der Waals surface area contributed by atoms with Crippen molar-refractivity contribution >= 4 is 18.0 Å². The van der Waals surface area contributed by atoms with Crippen LogP contribution in [0.5, 0.6) is 11.5 Å². The van der Waals surface area contributed by atoms with Crippen molar-refractivity contribution in [2.24, 2.45) is 0 Å². The van der Waals surface area contributed by atoms with Crippen LogP contribution in [0.1, 0.15) is 11.3 Å². The van der Waals surface area contributed by atoms with Crippen LogP contribution in [-0.2, 0) is 0 Å². The second-order valence-corrected chi connectivity index (χ2v) is 4.86. The summed E-state index contributed by atoms with van der Waals surface area (Å²) in [6.07, 6.45) is 5.39. The first-order valence-electron chi connectivity index (χ1n) is 6.99. The number of phenolic OH excluding ortho intramolecular Hbond substituents is 1. The van der Waals surface area contributed by atoms with Gasteiger partial charge in [0.1, 0.15) is 5.82 Å². The Balaban J connectivity index is 1.86. The van der Waals surface area contributed by atoms with Gasteiger partial charge < -0.3 is 15.6 Å². The summed E-state index contributed by atoms with van der Waals surface area (Å²) in [6, 6.07) is 12.4. The molecule has 3 rings (SSSR count). The molecule has 0 aliphatic heterocycles. The summed E-state index contributed by atoms with van der Waals surface area (Å²) < 4.78 is 6.67. The Kier molecular flexibility index (Phi) is 3.97. The van der Waals surface area contributed by atoms with Gasteiger partial charge in [0, 0.05) is 12.3 Å². The first kappa shape index (κ1) is 14.6. The number of ether oxygens (including phenoxy) is 1. The van der Waals surface area contributed by atoms with Gasteiger partial charge in [0.05, 0.1) is 12.8 Å². The van der Waals surface area contributed by atoms with Gasteiger partial charge in [-0.15, -0.1) is 0 Å². The molecule has 0 unspecified atom stereocenters. The highest BCUT2D eigenvalue weighted by atomic mass is 16.5. The van der Waals surface area contributed by atoms with Gasteiger partial charge in [-0.05, 0) is 35.9 Å². The minimum Gasteiger partial charge on any atom is -0.504 e. The highest BCUT2D eigenvalue weighted by Gasteiger charge is 2.06. The lowest BCUT2D eigenvalue weighted by Gasteiger charge is -2.03. The lowest BCUT2D eigenvalue weighted by molar-refractivity contribution is 0.373. The molecule has 0 saturated heterocycles. The number of nitrogens with zero attached hydrogens (tertiary/aromatic N) is 3. The summed E-state index contributed by atoms with van der Waals surface area (Å²) in [6.45, 7) is 0. The van der Waals surface area contributed by atoms with E-state index in [-0.39, 0.29) is 5.75 Å². The standard InChI is InChI=1S/C17H16N4O2/c1-23-15-10-12(6-8-14(15)22)5-7-13-11-16(18)21(20-13)17-4-2-3-9-19-17/h2-11,22H,18H2,1H3. The SMILES string of the molecule is COc1cc(C=Cc2cc(N)n(-c3ccccn3)n2)ccc1O. The molecule has 1 aromatic carbocycles. The number of aromatic nitrogens is 3. The zero-order chi connectivity index (χ0) is 16.2. The van der Waals surface area contributed by atoms with Crippen molar-refractivity contribution in [1.29, 1.82) is 0 Å². The molecule has 3 N–H and O–H groups in total. The van der Waals surface area contributed by atoms with E-state index in [1.54, 1.807) is 35.1 Å². The third kappa shape index (κ3) is 3.16. The van der Waals surface area contributed by atoms with E-state index < -0.39 is 0 Å². The maximum absolute atomic E-state index is 9.60. The van der Waals surface area contributed by atoms with E-state index >= 15 is 0 Å². The van der Waals surface area contributed by atoms with Crippen molar-refractivity contribution in [1.82, 2.24) is 14.8 Å². The van der Waals surface area contributed by atoms with Gasteiger partial charge >= 0.3 is 0 Å². The van der Waals surface area contributed by atoms with Gasteiger partial charge in [-0.3, -0.25) is 0 Å². The van der Waals surface area contributed by atoms with E-state index in [1.165, 1.54) is 7.11 Å². The molecule has 0 radical (unpaired) electrons. The fraction of sp³-hybridized carbons (Fsp3) is 0.0588. The molecule has 0 atom stereocenters. The van der Waals surface area contributed by atoms with Gasteiger partial charge in [-0.25, -0.2) is 4.98 Å². The number of rotatable bonds is 4. The molecule has 6 nitrogen and oxygen atoms in total. The molecule has 0 fully saturated rings. The van der Waals surface area contributed by atoms with Crippen molar-refractivity contribution in [2.75, 3.05) is 12.8 Å². The van der Waals surface area contributed by atoms with E-state index in [0.717, 1.165) is 5.56 Å². The second-order valence-electron chi connectivity index (χ2n) is 4.86. The number of nitrogens with two attached hydrogens (primary N) is 1. The fourth-order valence-electron chi connectivity index (χ4n) is 2.14. The highest BCUT2D eigenvalue weighted by Crippen LogP contribution is 2.27. The molecule has 3 aromatic rings. The number of hydrogen-bond acceptors (Lipinski definition) is 5. The van der Waals surface area contributed by atoms with E-state index in [9.17, 15) is 5.11 Å². The van der Waals surface area contributed by atoms with Crippen LogP contribution in [0.2, 0.25) is 0 Å². The first-order chi connectivity index (χ1) is 11.2. The molecule has 0 aliphatic rings. The molecule has 0 aliphatic carbocycles. The highest BCUT2D eigenvalue weighted by molar-refractivity contribution is 5.70. The quantitative estimate of drug-likeness (QED) is 0.774. The van der Waals surface area contributed by atoms with Crippen LogP contribution in [0.25, 0.3) is 18.0 Å². The lowest BCUT2D eigenvalue weighted by atomic mass is 10.2. The van der Waals surface area contributed by atoms with Crippen molar-refractivity contribution < 1.29 is 9.84 Å². The number of aromatic hydroxyl groups is 1. The zero-order valence-corrected chi connectivity index (χ0v) is 12.5. The summed E-state index contributed by atoms with van der Waals surface area (Å²) in [5.41, 5.74) is 7.57. The Hall–Kier alpha value is -3.28. The minimum absolute atomic E-state index is 0.105. The third-order valence-electron chi connectivity index (χ3n) is 3.27. The molecule has 23 heavy (non-hydrogen) atoms. The Morgan fingerprint density at radius 3 is 2.78 bits per heavy atom. The van der Waals surface area contributed by atoms with Crippen LogP contribution in [0, 0.1) is 0 Å². The molecule has 2 aromatic heterocycles. The van der Waals surface area contributed by atoms with Crippen LogP contribution in [-0.4, -0.2) is 27.0 Å². The van der Waals surface area contributed by atoms with Crippen molar-refractivity contribution in [3.8, 4) is 17.3 Å². The van der Waals surface area contributed by atoms with Crippen LogP contribution in [0.3, 0.4) is 0 Å². The van der Waals surface area contributed by atoms with Crippen LogP contribution < -0.4 is 10.5 Å². The van der Waals surface area contributed by atoms with Crippen molar-refractivity contribution in [3.63, 3.8) is 0 Å². The molecule has 6 heteroatoms. The van der Waals surface area contributed by atoms with Gasteiger partial charge in [-0.1, -0.05) is 18.2 Å². The summed E-state index contributed by atoms with van der Waals surface area (Å²) in [5.74, 6) is 1.70. The number of methoxy groups -OCH3 is 1. The largest absolute Gasteiger partial charge is 0.504 e. The Bertz CT molecular complexity index is 841. The number of pyridine rings is 1. The number of anilines is 1. The maximum Gasteiger partial charge on any atom is 0.161 e. The van der Waals surface area contributed by atoms with Crippen molar-refractivity contribution in [2.45, 2.75) is 0 Å². The molecule has 0 spiro atoms. The monoisotopic (exact) mass is 308 g/mol. The van der Waals surface area contributed by atoms with Crippen LogP contribution in [0.4, 0.5) is 5.82 Å². The topological polar surface area (TPSA) is 86.2 Å². The number of hydrogen-bond donors (Lipinski definition) is 2. The Morgan fingerprint density at radius 1 is 1.17 bits per heavy atom. The van der Waals surface area contributed by atoms with Gasteiger partial charge in [0.25, 0.3) is 0 Å². The predicted molar refractivity (Wildman–Crippen MR) is 89.4 cm³/mol. The number of nitrogen functional groups attached to an aromatic ring is 1. The smallest absolute Gasteiger partial charge is 0.161 e. The molecular formula is C17H16N4O2. The lowest BCUT2D eigenvalue weighted by Crippen LogP contribution is -2.03. The van der Waals surface area contributed by atoms with E-state index in [4.69, 9.17) is 10.5 Å². The fourth-order valence-corrected chi connectivity index (χ4v) is 2.14. The third-order valence-corrected chi connectivity index (χ3v) is 3.27. The van der Waals surface area contributed by atoms with Gasteiger partial charge in [0.2, 0.25) is 0 Å². The minimum atomic E-state index is 0.105. The Morgan fingerprint density at radius 2 is 2.04 bits per heavy atom. The molecule has 2 heterocycles. The normalized spacial score (nSPS) is 11.0. The zero-order valence-electron chi connectivity index (χ0n) is 12.5. The number of phenols is 1. The molecule has 0 saturated carbocycles. The molecule has 116 valence electrons. The molecule has 0 bridgehead atoms. The van der Waals surface area contributed by atoms with E-state index in [0.29, 0.717) is 23.1 Å². The van der Waals surface area contributed by atoms with Crippen LogP contribution in [0.15, 0.2) is 48.7 Å². The van der Waals surface area contributed by atoms with Gasteiger partial charge in [-0.2, -0.15) is 9.78 Å². The van der Waals surface area contributed by atoms with E-state index in [1.807, 2.05) is 30.4 Å². The number of benzene rings is 1. The maximum atomic E-state index is 9.60. The average molecular weight is 308 g/mol. The van der Waals surface area contributed by atoms with Gasteiger partial charge in [0.15, 0.2) is 17.3 Å². The summed E-state index contributed by atoms with van der Waals surface area (Å²) in [4.78, 5) is 4.23. The molecular weight excluding hydrogens is 292 g/mol. The summed E-state index contributed by atoms with van der Waals surface area (Å²) in [5, 5.41) is 14.0. The Labute approximate surface area is 133 Å². The molecule has 0 amide bonds. The summed E-state index contributed by atoms with van der Waals surface area (Å²) >= 11 is 0. The van der Waals surface area contributed by atoms with E-state index in [2.05, 4.69) is 10.1 Å². The second kappa shape index (κ2) is 6.23. The summed E-state index contributed by atoms with van der Waals surface area (Å²) in [7, 11) is 1.51. The average Bonchev–Trinajstić information content (AvgIpc) is 2.96. The van der Waals surface area contributed by atoms with Crippen LogP contribution >= 0.6 is 0 Å². The van der Waals surface area contributed by atoms with Crippen molar-refractivity contribution in [3.05, 3.63) is 59.9 Å². The first-order valence-corrected chi connectivity index (χ1v) is 6.99.